The number of carbonyl (C=O) groups is 2. The van der Waals surface area contributed by atoms with E-state index in [-0.39, 0.29) is 24.3 Å². The van der Waals surface area contributed by atoms with Gasteiger partial charge in [-0.1, -0.05) is 41.9 Å². The van der Waals surface area contributed by atoms with E-state index in [1.165, 1.54) is 0 Å². The van der Waals surface area contributed by atoms with Gasteiger partial charge in [-0.15, -0.1) is 0 Å². The van der Waals surface area contributed by atoms with Gasteiger partial charge in [-0.05, 0) is 56.5 Å². The first-order chi connectivity index (χ1) is 13.8. The summed E-state index contributed by atoms with van der Waals surface area (Å²) in [6, 6.07) is 14.4. The number of nitrogens with one attached hydrogen (secondary N) is 1. The minimum absolute atomic E-state index is 0.00557. The number of benzene rings is 2. The van der Waals surface area contributed by atoms with Crippen molar-refractivity contribution >= 4 is 23.4 Å². The molecule has 29 heavy (non-hydrogen) atoms. The lowest BCUT2D eigenvalue weighted by molar-refractivity contribution is -0.140. The Morgan fingerprint density at radius 3 is 2.31 bits per heavy atom. The van der Waals surface area contributed by atoms with Crippen LogP contribution in [0.3, 0.4) is 0 Å². The summed E-state index contributed by atoms with van der Waals surface area (Å²) in [6.07, 6.45) is 0.801. The normalized spacial score (nSPS) is 11.8. The minimum atomic E-state index is -0.585. The molecule has 0 heterocycles. The van der Waals surface area contributed by atoms with Gasteiger partial charge in [0.1, 0.15) is 11.8 Å². The topological polar surface area (TPSA) is 58.6 Å². The summed E-state index contributed by atoms with van der Waals surface area (Å²) in [7, 11) is 1.61. The zero-order chi connectivity index (χ0) is 21.4. The number of ether oxygens (including phenoxy) is 1. The van der Waals surface area contributed by atoms with Gasteiger partial charge < -0.3 is 15.0 Å². The van der Waals surface area contributed by atoms with Crippen molar-refractivity contribution < 1.29 is 14.3 Å². The highest BCUT2D eigenvalue weighted by Crippen LogP contribution is 2.19. The molecule has 0 radical (unpaired) electrons. The fourth-order valence-corrected chi connectivity index (χ4v) is 3.23. The molecule has 6 heteroatoms. The van der Waals surface area contributed by atoms with E-state index in [4.69, 9.17) is 16.3 Å². The van der Waals surface area contributed by atoms with Crippen molar-refractivity contribution in [3.8, 4) is 5.75 Å². The Kier molecular flexibility index (Phi) is 8.52. The molecule has 0 unspecified atom stereocenters. The van der Waals surface area contributed by atoms with Gasteiger partial charge in [0.05, 0.1) is 7.11 Å². The maximum atomic E-state index is 13.1. The summed E-state index contributed by atoms with van der Waals surface area (Å²) >= 11 is 6.21. The molecule has 0 aliphatic carbocycles. The van der Waals surface area contributed by atoms with E-state index in [0.717, 1.165) is 16.9 Å². The van der Waals surface area contributed by atoms with E-state index in [9.17, 15) is 9.59 Å². The minimum Gasteiger partial charge on any atom is -0.497 e. The average Bonchev–Trinajstić information content (AvgIpc) is 2.70. The second-order valence-electron chi connectivity index (χ2n) is 7.30. The van der Waals surface area contributed by atoms with Crippen LogP contribution in [0.4, 0.5) is 0 Å². The highest BCUT2D eigenvalue weighted by molar-refractivity contribution is 6.31. The van der Waals surface area contributed by atoms with Crippen LogP contribution in [0.15, 0.2) is 48.5 Å². The molecular formula is C23H29ClN2O3. The third kappa shape index (κ3) is 6.79. The predicted octanol–water partition coefficient (Wildman–Crippen LogP) is 4.22. The number of hydrogen-bond acceptors (Lipinski definition) is 3. The first kappa shape index (κ1) is 22.8. The number of amides is 2. The molecule has 2 aromatic carbocycles. The highest BCUT2D eigenvalue weighted by Gasteiger charge is 2.26. The molecule has 0 saturated carbocycles. The second kappa shape index (κ2) is 10.9. The molecule has 0 bridgehead atoms. The lowest BCUT2D eigenvalue weighted by atomic mass is 10.1. The molecule has 0 aromatic heterocycles. The van der Waals surface area contributed by atoms with Crippen LogP contribution in [-0.4, -0.2) is 35.9 Å². The maximum absolute atomic E-state index is 13.1. The fourth-order valence-electron chi connectivity index (χ4n) is 3.00. The summed E-state index contributed by atoms with van der Waals surface area (Å²) in [6.45, 7) is 5.90. The Morgan fingerprint density at radius 1 is 1.07 bits per heavy atom. The quantitative estimate of drug-likeness (QED) is 0.665. The molecule has 0 saturated heterocycles. The number of halogens is 1. The highest BCUT2D eigenvalue weighted by atomic mass is 35.5. The molecule has 0 fully saturated rings. The Labute approximate surface area is 178 Å². The molecule has 0 aliphatic rings. The van der Waals surface area contributed by atoms with Crippen LogP contribution >= 0.6 is 11.6 Å². The van der Waals surface area contributed by atoms with Crippen LogP contribution < -0.4 is 10.1 Å². The van der Waals surface area contributed by atoms with Crippen molar-refractivity contribution in [1.82, 2.24) is 10.2 Å². The standard InChI is InChI=1S/C23H29ClN2O3/c1-16(2)25-23(28)17(3)26(15-18-9-12-20(29-4)13-10-18)22(27)14-11-19-7-5-6-8-21(19)24/h5-10,12-13,16-17H,11,14-15H2,1-4H3,(H,25,28)/t17-/m0/s1. The largest absolute Gasteiger partial charge is 0.497 e. The van der Waals surface area contributed by atoms with Crippen LogP contribution in [-0.2, 0) is 22.6 Å². The predicted molar refractivity (Wildman–Crippen MR) is 116 cm³/mol. The number of nitrogens with zero attached hydrogens (tertiary/aromatic N) is 1. The Bertz CT molecular complexity index is 821. The van der Waals surface area contributed by atoms with E-state index in [0.29, 0.717) is 18.0 Å². The molecule has 2 rings (SSSR count). The van der Waals surface area contributed by atoms with Gasteiger partial charge >= 0.3 is 0 Å². The van der Waals surface area contributed by atoms with E-state index >= 15 is 0 Å². The van der Waals surface area contributed by atoms with Crippen molar-refractivity contribution in [2.75, 3.05) is 7.11 Å². The van der Waals surface area contributed by atoms with Crippen LogP contribution in [0, 0.1) is 0 Å². The zero-order valence-electron chi connectivity index (χ0n) is 17.4. The van der Waals surface area contributed by atoms with Gasteiger partial charge in [-0.3, -0.25) is 9.59 Å². The monoisotopic (exact) mass is 416 g/mol. The lowest BCUT2D eigenvalue weighted by Gasteiger charge is -2.29. The van der Waals surface area contributed by atoms with Gasteiger partial charge in [-0.2, -0.15) is 0 Å². The molecular weight excluding hydrogens is 388 g/mol. The van der Waals surface area contributed by atoms with Crippen LogP contribution in [0.2, 0.25) is 5.02 Å². The SMILES string of the molecule is COc1ccc(CN(C(=O)CCc2ccccc2Cl)[C@@H](C)C(=O)NC(C)C)cc1. The van der Waals surface area contributed by atoms with E-state index in [1.54, 1.807) is 18.9 Å². The van der Waals surface area contributed by atoms with Crippen molar-refractivity contribution in [3.05, 3.63) is 64.7 Å². The summed E-state index contributed by atoms with van der Waals surface area (Å²) in [4.78, 5) is 27.3. The fraction of sp³-hybridized carbons (Fsp3) is 0.391. The Morgan fingerprint density at radius 2 is 1.72 bits per heavy atom. The summed E-state index contributed by atoms with van der Waals surface area (Å²) in [5.41, 5.74) is 1.85. The van der Waals surface area contributed by atoms with E-state index in [1.807, 2.05) is 62.4 Å². The number of hydrogen-bond donors (Lipinski definition) is 1. The smallest absolute Gasteiger partial charge is 0.242 e. The van der Waals surface area contributed by atoms with Crippen LogP contribution in [0.25, 0.3) is 0 Å². The Hall–Kier alpha value is -2.53. The van der Waals surface area contributed by atoms with Crippen LogP contribution in [0.5, 0.6) is 5.75 Å². The number of rotatable bonds is 9. The van der Waals surface area contributed by atoms with Crippen LogP contribution in [0.1, 0.15) is 38.3 Å². The summed E-state index contributed by atoms with van der Waals surface area (Å²) in [5, 5.41) is 3.54. The third-order valence-electron chi connectivity index (χ3n) is 4.68. The maximum Gasteiger partial charge on any atom is 0.242 e. The number of methoxy groups -OCH3 is 1. The first-order valence-corrected chi connectivity index (χ1v) is 10.2. The summed E-state index contributed by atoms with van der Waals surface area (Å²) in [5.74, 6) is 0.489. The molecule has 1 N–H and O–H groups in total. The molecule has 1 atom stereocenters. The van der Waals surface area contributed by atoms with Gasteiger partial charge in [-0.25, -0.2) is 0 Å². The third-order valence-corrected chi connectivity index (χ3v) is 5.04. The van der Waals surface area contributed by atoms with Crippen molar-refractivity contribution in [3.63, 3.8) is 0 Å². The first-order valence-electron chi connectivity index (χ1n) is 9.78. The van der Waals surface area contributed by atoms with Gasteiger partial charge in [0.25, 0.3) is 0 Å². The molecule has 156 valence electrons. The van der Waals surface area contributed by atoms with Gasteiger partial charge in [0, 0.05) is 24.0 Å². The zero-order valence-corrected chi connectivity index (χ0v) is 18.2. The van der Waals surface area contributed by atoms with Gasteiger partial charge in [0.2, 0.25) is 11.8 Å². The average molecular weight is 417 g/mol. The van der Waals surface area contributed by atoms with Gasteiger partial charge in [0.15, 0.2) is 0 Å². The van der Waals surface area contributed by atoms with Crippen molar-refractivity contribution in [2.24, 2.45) is 0 Å². The number of aryl methyl sites for hydroxylation is 1. The molecule has 2 aromatic rings. The van der Waals surface area contributed by atoms with E-state index < -0.39 is 6.04 Å². The van der Waals surface area contributed by atoms with E-state index in [2.05, 4.69) is 5.32 Å². The summed E-state index contributed by atoms with van der Waals surface area (Å²) < 4.78 is 5.19. The molecule has 0 aliphatic heterocycles. The molecule has 2 amide bonds. The van der Waals surface area contributed by atoms with Crippen molar-refractivity contribution in [2.45, 2.75) is 52.2 Å². The molecule has 5 nitrogen and oxygen atoms in total. The second-order valence-corrected chi connectivity index (χ2v) is 7.71. The molecule has 0 spiro atoms. The lowest BCUT2D eigenvalue weighted by Crippen LogP contribution is -2.49. The van der Waals surface area contributed by atoms with Crippen molar-refractivity contribution in [1.29, 1.82) is 0 Å². The Balaban J connectivity index is 2.16. The number of carbonyl (C=O) groups excluding carboxylic acids is 2.